The zero-order chi connectivity index (χ0) is 14.5. The number of ether oxygens (including phenoxy) is 1. The number of hydrogen-bond acceptors (Lipinski definition) is 3. The molecule has 0 bridgehead atoms. The third-order valence-electron chi connectivity index (χ3n) is 4.38. The Morgan fingerprint density at radius 3 is 2.68 bits per heavy atom. The maximum absolute atomic E-state index is 11.7. The molecule has 0 aliphatic heterocycles. The molecule has 19 heavy (non-hydrogen) atoms. The molecule has 4 nitrogen and oxygen atoms in total. The fraction of sp³-hybridized carbons (Fsp3) is 0.933. The fourth-order valence-corrected chi connectivity index (χ4v) is 3.39. The molecule has 112 valence electrons. The molecule has 3 N–H and O–H groups in total. The summed E-state index contributed by atoms with van der Waals surface area (Å²) in [6.45, 7) is 7.25. The van der Waals surface area contributed by atoms with Gasteiger partial charge < -0.3 is 15.8 Å². The van der Waals surface area contributed by atoms with Crippen LogP contribution in [0.3, 0.4) is 0 Å². The Morgan fingerprint density at radius 2 is 2.16 bits per heavy atom. The molecule has 0 saturated heterocycles. The summed E-state index contributed by atoms with van der Waals surface area (Å²) in [4.78, 5) is 11.7. The first-order chi connectivity index (χ1) is 8.92. The van der Waals surface area contributed by atoms with E-state index in [1.165, 1.54) is 0 Å². The van der Waals surface area contributed by atoms with Crippen molar-refractivity contribution in [3.8, 4) is 0 Å². The number of amides is 1. The van der Waals surface area contributed by atoms with Gasteiger partial charge in [-0.15, -0.1) is 0 Å². The van der Waals surface area contributed by atoms with Crippen LogP contribution < -0.4 is 11.1 Å². The molecule has 0 heterocycles. The Bertz CT molecular complexity index is 294. The van der Waals surface area contributed by atoms with Gasteiger partial charge in [-0.2, -0.15) is 0 Å². The molecule has 3 atom stereocenters. The predicted octanol–water partition coefficient (Wildman–Crippen LogP) is 2.07. The van der Waals surface area contributed by atoms with Gasteiger partial charge in [0, 0.05) is 6.61 Å². The highest BCUT2D eigenvalue weighted by Crippen LogP contribution is 2.37. The van der Waals surface area contributed by atoms with Crippen LogP contribution in [0, 0.1) is 11.8 Å². The summed E-state index contributed by atoms with van der Waals surface area (Å²) in [6, 6.07) is 0. The van der Waals surface area contributed by atoms with Crippen LogP contribution in [0.15, 0.2) is 0 Å². The lowest BCUT2D eigenvalue weighted by Gasteiger charge is -2.32. The maximum atomic E-state index is 11.7. The molecule has 0 spiro atoms. The largest absolute Gasteiger partial charge is 0.378 e. The van der Waals surface area contributed by atoms with Crippen LogP contribution >= 0.6 is 0 Å². The molecular weight excluding hydrogens is 240 g/mol. The molecule has 4 heteroatoms. The fourth-order valence-electron chi connectivity index (χ4n) is 3.39. The number of rotatable bonds is 8. The summed E-state index contributed by atoms with van der Waals surface area (Å²) in [5.41, 5.74) is 5.08. The van der Waals surface area contributed by atoms with Gasteiger partial charge in [0.15, 0.2) is 0 Å². The molecule has 0 aromatic carbocycles. The van der Waals surface area contributed by atoms with Crippen molar-refractivity contribution in [2.75, 3.05) is 13.7 Å². The topological polar surface area (TPSA) is 64.3 Å². The van der Waals surface area contributed by atoms with Crippen molar-refractivity contribution in [2.45, 2.75) is 64.5 Å². The summed E-state index contributed by atoms with van der Waals surface area (Å²) >= 11 is 0. The SMILES string of the molecule is CNC1(C(N)=O)CCCC1CCOC(C)CC(C)C. The predicted molar refractivity (Wildman–Crippen MR) is 77.8 cm³/mol. The molecule has 0 radical (unpaired) electrons. The highest BCUT2D eigenvalue weighted by molar-refractivity contribution is 5.85. The van der Waals surface area contributed by atoms with Gasteiger partial charge in [-0.25, -0.2) is 0 Å². The minimum Gasteiger partial charge on any atom is -0.378 e. The van der Waals surface area contributed by atoms with E-state index in [0.717, 1.165) is 38.7 Å². The number of likely N-dealkylation sites (N-methyl/N-ethyl adjacent to an activating group) is 1. The highest BCUT2D eigenvalue weighted by Gasteiger charge is 2.46. The Balaban J connectivity index is 2.42. The summed E-state index contributed by atoms with van der Waals surface area (Å²) in [5.74, 6) is 0.748. The van der Waals surface area contributed by atoms with E-state index in [2.05, 4.69) is 26.1 Å². The van der Waals surface area contributed by atoms with E-state index >= 15 is 0 Å². The molecule has 1 aliphatic carbocycles. The van der Waals surface area contributed by atoms with Gasteiger partial charge in [0.2, 0.25) is 5.91 Å². The zero-order valence-electron chi connectivity index (χ0n) is 12.9. The van der Waals surface area contributed by atoms with Crippen molar-refractivity contribution in [2.24, 2.45) is 17.6 Å². The summed E-state index contributed by atoms with van der Waals surface area (Å²) < 4.78 is 5.85. The van der Waals surface area contributed by atoms with Crippen LogP contribution in [0.4, 0.5) is 0 Å². The van der Waals surface area contributed by atoms with E-state index in [1.807, 2.05) is 7.05 Å². The number of hydrogen-bond donors (Lipinski definition) is 2. The van der Waals surface area contributed by atoms with Crippen LogP contribution in [-0.4, -0.2) is 31.2 Å². The number of primary amides is 1. The van der Waals surface area contributed by atoms with Crippen LogP contribution in [0.2, 0.25) is 0 Å². The third kappa shape index (κ3) is 4.18. The van der Waals surface area contributed by atoms with Crippen LogP contribution in [0.1, 0.15) is 52.9 Å². The Hall–Kier alpha value is -0.610. The summed E-state index contributed by atoms with van der Waals surface area (Å²) in [7, 11) is 1.84. The first-order valence-corrected chi connectivity index (χ1v) is 7.52. The van der Waals surface area contributed by atoms with Gasteiger partial charge in [0.25, 0.3) is 0 Å². The van der Waals surface area contributed by atoms with Gasteiger partial charge in [0.05, 0.1) is 6.10 Å². The average molecular weight is 270 g/mol. The lowest BCUT2D eigenvalue weighted by atomic mass is 9.84. The van der Waals surface area contributed by atoms with Gasteiger partial charge in [-0.1, -0.05) is 20.3 Å². The molecular formula is C15H30N2O2. The van der Waals surface area contributed by atoms with Gasteiger partial charge in [0.1, 0.15) is 5.54 Å². The van der Waals surface area contributed by atoms with Crippen LogP contribution in [0.5, 0.6) is 0 Å². The molecule has 0 aromatic rings. The van der Waals surface area contributed by atoms with E-state index in [9.17, 15) is 4.79 Å². The standard InChI is InChI=1S/C15H30N2O2/c1-11(2)10-12(3)19-9-7-13-6-5-8-15(13,17-4)14(16)18/h11-13,17H,5-10H2,1-4H3,(H2,16,18). The Kier molecular flexibility index (Phi) is 6.27. The number of nitrogens with one attached hydrogen (secondary N) is 1. The lowest BCUT2D eigenvalue weighted by Crippen LogP contribution is -2.56. The quantitative estimate of drug-likeness (QED) is 0.709. The summed E-state index contributed by atoms with van der Waals surface area (Å²) in [6.07, 6.45) is 5.26. The second-order valence-electron chi connectivity index (χ2n) is 6.27. The monoisotopic (exact) mass is 270 g/mol. The second kappa shape index (κ2) is 7.25. The van der Waals surface area contributed by atoms with E-state index < -0.39 is 5.54 Å². The van der Waals surface area contributed by atoms with Gasteiger partial charge in [-0.3, -0.25) is 4.79 Å². The lowest BCUT2D eigenvalue weighted by molar-refractivity contribution is -0.126. The van der Waals surface area contributed by atoms with E-state index in [-0.39, 0.29) is 5.91 Å². The van der Waals surface area contributed by atoms with Crippen molar-refractivity contribution in [3.05, 3.63) is 0 Å². The molecule has 3 unspecified atom stereocenters. The van der Waals surface area contributed by atoms with E-state index in [0.29, 0.717) is 17.9 Å². The Labute approximate surface area is 117 Å². The number of nitrogens with two attached hydrogens (primary N) is 1. The van der Waals surface area contributed by atoms with Crippen molar-refractivity contribution in [1.29, 1.82) is 0 Å². The van der Waals surface area contributed by atoms with E-state index in [1.54, 1.807) is 0 Å². The van der Waals surface area contributed by atoms with Crippen molar-refractivity contribution >= 4 is 5.91 Å². The maximum Gasteiger partial charge on any atom is 0.238 e. The van der Waals surface area contributed by atoms with Crippen molar-refractivity contribution < 1.29 is 9.53 Å². The summed E-state index contributed by atoms with van der Waals surface area (Å²) in [5, 5.41) is 3.17. The van der Waals surface area contributed by atoms with Crippen molar-refractivity contribution in [1.82, 2.24) is 5.32 Å². The Morgan fingerprint density at radius 1 is 1.47 bits per heavy atom. The second-order valence-corrected chi connectivity index (χ2v) is 6.27. The molecule has 1 amide bonds. The number of carbonyl (C=O) groups excluding carboxylic acids is 1. The molecule has 1 fully saturated rings. The minimum atomic E-state index is -0.509. The van der Waals surface area contributed by atoms with Crippen LogP contribution in [-0.2, 0) is 9.53 Å². The van der Waals surface area contributed by atoms with Crippen molar-refractivity contribution in [3.63, 3.8) is 0 Å². The first kappa shape index (κ1) is 16.4. The number of carbonyl (C=O) groups is 1. The molecule has 0 aromatic heterocycles. The van der Waals surface area contributed by atoms with Gasteiger partial charge >= 0.3 is 0 Å². The zero-order valence-corrected chi connectivity index (χ0v) is 12.9. The highest BCUT2D eigenvalue weighted by atomic mass is 16.5. The van der Waals surface area contributed by atoms with E-state index in [4.69, 9.17) is 10.5 Å². The third-order valence-corrected chi connectivity index (χ3v) is 4.38. The smallest absolute Gasteiger partial charge is 0.238 e. The first-order valence-electron chi connectivity index (χ1n) is 7.52. The van der Waals surface area contributed by atoms with Gasteiger partial charge in [-0.05, 0) is 51.5 Å². The molecule has 1 rings (SSSR count). The molecule has 1 saturated carbocycles. The minimum absolute atomic E-state index is 0.215. The normalized spacial score (nSPS) is 28.8. The van der Waals surface area contributed by atoms with Crippen LogP contribution in [0.25, 0.3) is 0 Å². The molecule has 1 aliphatic rings. The average Bonchev–Trinajstić information content (AvgIpc) is 2.72.